The number of hydrogen-bond acceptors (Lipinski definition) is 2. The number of ketones is 1. The molecule has 2 fully saturated rings. The lowest BCUT2D eigenvalue weighted by Gasteiger charge is -2.24. The highest BCUT2D eigenvalue weighted by atomic mass is 16.1. The largest absolute Gasteiger partial charge is 0.292 e. The van der Waals surface area contributed by atoms with Gasteiger partial charge < -0.3 is 0 Å². The SMILES string of the molecule is O=C(c1ccccc1)[C@H]1[C@H](c2ccccc2)N1C1CCCCC1. The molecule has 2 aliphatic rings. The Morgan fingerprint density at radius 3 is 2.09 bits per heavy atom. The van der Waals surface area contributed by atoms with E-state index >= 15 is 0 Å². The van der Waals surface area contributed by atoms with E-state index in [4.69, 9.17) is 0 Å². The first-order valence-electron chi connectivity index (χ1n) is 8.78. The lowest BCUT2D eigenvalue weighted by Crippen LogP contribution is -2.26. The molecule has 0 bridgehead atoms. The minimum absolute atomic E-state index is 0.0305. The predicted molar refractivity (Wildman–Crippen MR) is 92.5 cm³/mol. The van der Waals surface area contributed by atoms with Gasteiger partial charge in [0.2, 0.25) is 0 Å². The second-order valence-electron chi connectivity index (χ2n) is 6.77. The van der Waals surface area contributed by atoms with Crippen molar-refractivity contribution < 1.29 is 4.79 Å². The molecule has 2 heteroatoms. The summed E-state index contributed by atoms with van der Waals surface area (Å²) in [5.41, 5.74) is 2.13. The molecular formula is C21H23NO. The lowest BCUT2D eigenvalue weighted by molar-refractivity contribution is 0.0963. The van der Waals surface area contributed by atoms with Crippen LogP contribution in [0.1, 0.15) is 54.1 Å². The van der Waals surface area contributed by atoms with Gasteiger partial charge in [0.1, 0.15) is 0 Å². The quantitative estimate of drug-likeness (QED) is 0.606. The van der Waals surface area contributed by atoms with Gasteiger partial charge in [0.15, 0.2) is 5.78 Å². The van der Waals surface area contributed by atoms with Crippen LogP contribution in [0.5, 0.6) is 0 Å². The maximum absolute atomic E-state index is 13.0. The number of benzene rings is 2. The molecule has 0 aromatic heterocycles. The van der Waals surface area contributed by atoms with E-state index in [1.807, 2.05) is 36.4 Å². The lowest BCUT2D eigenvalue weighted by atomic mass is 9.95. The summed E-state index contributed by atoms with van der Waals surface area (Å²) < 4.78 is 0. The van der Waals surface area contributed by atoms with Crippen molar-refractivity contribution in [2.45, 2.75) is 50.2 Å². The Bertz CT molecular complexity index is 661. The van der Waals surface area contributed by atoms with Crippen LogP contribution in [0.4, 0.5) is 0 Å². The molecule has 1 unspecified atom stereocenters. The van der Waals surface area contributed by atoms with Crippen molar-refractivity contribution in [2.24, 2.45) is 0 Å². The van der Waals surface area contributed by atoms with E-state index in [1.54, 1.807) is 0 Å². The fourth-order valence-electron chi connectivity index (χ4n) is 4.14. The van der Waals surface area contributed by atoms with E-state index < -0.39 is 0 Å². The summed E-state index contributed by atoms with van der Waals surface area (Å²) in [6.45, 7) is 0. The van der Waals surface area contributed by atoms with E-state index in [-0.39, 0.29) is 17.9 Å². The molecule has 1 saturated carbocycles. The topological polar surface area (TPSA) is 20.1 Å². The zero-order valence-corrected chi connectivity index (χ0v) is 13.4. The Morgan fingerprint density at radius 1 is 0.826 bits per heavy atom. The fourth-order valence-corrected chi connectivity index (χ4v) is 4.14. The molecule has 2 aromatic rings. The molecule has 23 heavy (non-hydrogen) atoms. The van der Waals surface area contributed by atoms with Crippen molar-refractivity contribution in [1.29, 1.82) is 0 Å². The Balaban J connectivity index is 1.61. The number of hydrogen-bond donors (Lipinski definition) is 0. The number of Topliss-reactive ketones (excluding diaryl/α,β-unsaturated/α-hetero) is 1. The van der Waals surface area contributed by atoms with E-state index in [9.17, 15) is 4.79 Å². The summed E-state index contributed by atoms with van der Waals surface area (Å²) in [7, 11) is 0. The molecule has 1 aliphatic heterocycles. The zero-order chi connectivity index (χ0) is 15.6. The van der Waals surface area contributed by atoms with Gasteiger partial charge in [-0.15, -0.1) is 0 Å². The van der Waals surface area contributed by atoms with Gasteiger partial charge in [0.25, 0.3) is 0 Å². The molecule has 2 nitrogen and oxygen atoms in total. The summed E-state index contributed by atoms with van der Waals surface area (Å²) >= 11 is 0. The minimum Gasteiger partial charge on any atom is -0.292 e. The van der Waals surface area contributed by atoms with E-state index in [0.717, 1.165) is 5.56 Å². The summed E-state index contributed by atoms with van der Waals surface area (Å²) in [5, 5.41) is 0. The van der Waals surface area contributed by atoms with Crippen molar-refractivity contribution in [3.63, 3.8) is 0 Å². The highest BCUT2D eigenvalue weighted by Gasteiger charge is 2.55. The zero-order valence-electron chi connectivity index (χ0n) is 13.4. The third-order valence-electron chi connectivity index (χ3n) is 5.32. The maximum Gasteiger partial charge on any atom is 0.181 e. The normalized spacial score (nSPS) is 27.6. The summed E-state index contributed by atoms with van der Waals surface area (Å²) in [5.74, 6) is 0.282. The Hall–Kier alpha value is -1.93. The molecule has 3 atom stereocenters. The van der Waals surface area contributed by atoms with Crippen LogP contribution >= 0.6 is 0 Å². The van der Waals surface area contributed by atoms with E-state index in [0.29, 0.717) is 6.04 Å². The van der Waals surface area contributed by atoms with Gasteiger partial charge in [-0.1, -0.05) is 79.9 Å². The van der Waals surface area contributed by atoms with Crippen LogP contribution in [0.15, 0.2) is 60.7 Å². The summed E-state index contributed by atoms with van der Waals surface area (Å²) in [6, 6.07) is 21.2. The monoisotopic (exact) mass is 305 g/mol. The highest BCUT2D eigenvalue weighted by Crippen LogP contribution is 2.49. The Morgan fingerprint density at radius 2 is 1.43 bits per heavy atom. The molecule has 0 spiro atoms. The standard InChI is InChI=1S/C21H23NO/c23-21(17-12-6-2-7-13-17)20-19(16-10-4-1-5-11-16)22(20)18-14-8-3-9-15-18/h1-2,4-7,10-13,18-20H,3,8-9,14-15H2/t19-,20+,22?/m0/s1. The molecule has 1 saturated heterocycles. The van der Waals surface area contributed by atoms with Crippen LogP contribution in [0.3, 0.4) is 0 Å². The van der Waals surface area contributed by atoms with Crippen molar-refractivity contribution in [3.05, 3.63) is 71.8 Å². The van der Waals surface area contributed by atoms with E-state index in [1.165, 1.54) is 37.7 Å². The van der Waals surface area contributed by atoms with Crippen molar-refractivity contribution >= 4 is 5.78 Å². The van der Waals surface area contributed by atoms with Gasteiger partial charge in [-0.2, -0.15) is 0 Å². The summed E-state index contributed by atoms with van der Waals surface area (Å²) in [4.78, 5) is 15.5. The van der Waals surface area contributed by atoms with Gasteiger partial charge in [0.05, 0.1) is 12.1 Å². The predicted octanol–water partition coefficient (Wildman–Crippen LogP) is 4.63. The number of nitrogens with zero attached hydrogens (tertiary/aromatic N) is 1. The molecule has 0 amide bonds. The number of rotatable bonds is 4. The second-order valence-corrected chi connectivity index (χ2v) is 6.77. The average molecular weight is 305 g/mol. The van der Waals surface area contributed by atoms with Crippen LogP contribution in [-0.2, 0) is 0 Å². The Kier molecular flexibility index (Phi) is 4.00. The first-order chi connectivity index (χ1) is 11.4. The van der Waals surface area contributed by atoms with Gasteiger partial charge in [-0.05, 0) is 18.4 Å². The Labute approximate surface area is 138 Å². The van der Waals surface area contributed by atoms with Gasteiger partial charge in [0, 0.05) is 11.6 Å². The first kappa shape index (κ1) is 14.6. The second kappa shape index (κ2) is 6.29. The van der Waals surface area contributed by atoms with Crippen molar-refractivity contribution in [3.8, 4) is 0 Å². The molecule has 1 heterocycles. The van der Waals surface area contributed by atoms with Crippen molar-refractivity contribution in [1.82, 2.24) is 4.90 Å². The number of carbonyl (C=O) groups excluding carboxylic acids is 1. The highest BCUT2D eigenvalue weighted by molar-refractivity contribution is 6.02. The fraction of sp³-hybridized carbons (Fsp3) is 0.381. The smallest absolute Gasteiger partial charge is 0.181 e. The maximum atomic E-state index is 13.0. The molecule has 1 aliphatic carbocycles. The molecule has 0 N–H and O–H groups in total. The first-order valence-corrected chi connectivity index (χ1v) is 8.78. The third kappa shape index (κ3) is 2.84. The van der Waals surface area contributed by atoms with Gasteiger partial charge in [-0.3, -0.25) is 9.69 Å². The van der Waals surface area contributed by atoms with Crippen LogP contribution in [-0.4, -0.2) is 22.8 Å². The molecule has 4 rings (SSSR count). The minimum atomic E-state index is 0.0305. The van der Waals surface area contributed by atoms with E-state index in [2.05, 4.69) is 29.2 Å². The molecule has 118 valence electrons. The van der Waals surface area contributed by atoms with Gasteiger partial charge in [-0.25, -0.2) is 0 Å². The van der Waals surface area contributed by atoms with Crippen molar-refractivity contribution in [2.75, 3.05) is 0 Å². The van der Waals surface area contributed by atoms with Crippen LogP contribution < -0.4 is 0 Å². The third-order valence-corrected chi connectivity index (χ3v) is 5.32. The molecular weight excluding hydrogens is 282 g/mol. The van der Waals surface area contributed by atoms with Gasteiger partial charge >= 0.3 is 0 Å². The van der Waals surface area contributed by atoms with Crippen LogP contribution in [0.25, 0.3) is 0 Å². The molecule has 2 aromatic carbocycles. The number of carbonyl (C=O) groups is 1. The van der Waals surface area contributed by atoms with Crippen LogP contribution in [0, 0.1) is 0 Å². The average Bonchev–Trinajstić information content (AvgIpc) is 3.39. The molecule has 0 radical (unpaired) electrons. The van der Waals surface area contributed by atoms with Crippen LogP contribution in [0.2, 0.25) is 0 Å². The summed E-state index contributed by atoms with van der Waals surface area (Å²) in [6.07, 6.45) is 6.42.